The molecule has 2 rings (SSSR count). The van der Waals surface area contributed by atoms with E-state index < -0.39 is 0 Å². The summed E-state index contributed by atoms with van der Waals surface area (Å²) in [7, 11) is 0. The molecule has 0 atom stereocenters. The van der Waals surface area contributed by atoms with Crippen LogP contribution in [0.3, 0.4) is 0 Å². The van der Waals surface area contributed by atoms with E-state index in [9.17, 15) is 9.90 Å². The van der Waals surface area contributed by atoms with Crippen molar-refractivity contribution < 1.29 is 14.6 Å². The Morgan fingerprint density at radius 1 is 1.19 bits per heavy atom. The zero-order valence-corrected chi connectivity index (χ0v) is 12.2. The van der Waals surface area contributed by atoms with Gasteiger partial charge in [0.25, 0.3) is 5.91 Å². The molecule has 0 spiro atoms. The molecular formula is C17H19NO3. The topological polar surface area (TPSA) is 58.6 Å². The first-order valence-corrected chi connectivity index (χ1v) is 7.00. The summed E-state index contributed by atoms with van der Waals surface area (Å²) in [6.07, 6.45) is 0.806. The van der Waals surface area contributed by atoms with Gasteiger partial charge in [-0.05, 0) is 43.2 Å². The third kappa shape index (κ3) is 3.75. The van der Waals surface area contributed by atoms with Crippen molar-refractivity contribution in [3.63, 3.8) is 0 Å². The van der Waals surface area contributed by atoms with Gasteiger partial charge >= 0.3 is 0 Å². The Bertz CT molecular complexity index is 638. The van der Waals surface area contributed by atoms with E-state index in [1.54, 1.807) is 24.3 Å². The van der Waals surface area contributed by atoms with E-state index in [-0.39, 0.29) is 17.2 Å². The minimum atomic E-state index is -0.337. The number of aryl methyl sites for hydroxylation is 1. The fourth-order valence-corrected chi connectivity index (χ4v) is 2.01. The summed E-state index contributed by atoms with van der Waals surface area (Å²) in [5, 5.41) is 12.6. The van der Waals surface area contributed by atoms with Crippen molar-refractivity contribution in [2.24, 2.45) is 0 Å². The molecule has 0 fully saturated rings. The van der Waals surface area contributed by atoms with Gasteiger partial charge < -0.3 is 15.2 Å². The van der Waals surface area contributed by atoms with Crippen LogP contribution >= 0.6 is 0 Å². The highest BCUT2D eigenvalue weighted by Crippen LogP contribution is 2.22. The van der Waals surface area contributed by atoms with E-state index in [4.69, 9.17) is 4.74 Å². The summed E-state index contributed by atoms with van der Waals surface area (Å²) in [5.74, 6) is 0.337. The van der Waals surface area contributed by atoms with E-state index in [1.807, 2.05) is 32.0 Å². The van der Waals surface area contributed by atoms with Crippen molar-refractivity contribution in [1.29, 1.82) is 0 Å². The van der Waals surface area contributed by atoms with Crippen LogP contribution in [0, 0.1) is 0 Å². The maximum absolute atomic E-state index is 12.3. The first-order chi connectivity index (χ1) is 10.1. The number of phenols is 1. The second-order valence-electron chi connectivity index (χ2n) is 4.62. The lowest BCUT2D eigenvalue weighted by atomic mass is 10.1. The van der Waals surface area contributed by atoms with Crippen molar-refractivity contribution in [2.75, 3.05) is 11.9 Å². The number of phenolic OH excluding ortho intramolecular Hbond substituents is 1. The number of aromatic hydroxyl groups is 1. The molecule has 21 heavy (non-hydrogen) atoms. The number of benzene rings is 2. The van der Waals surface area contributed by atoms with Crippen molar-refractivity contribution in [3.8, 4) is 11.5 Å². The number of nitrogens with one attached hydrogen (secondary N) is 1. The summed E-state index contributed by atoms with van der Waals surface area (Å²) < 4.78 is 5.39. The zero-order valence-electron chi connectivity index (χ0n) is 12.2. The number of carbonyl (C=O) groups excluding carboxylic acids is 1. The van der Waals surface area contributed by atoms with E-state index in [0.29, 0.717) is 18.0 Å². The summed E-state index contributed by atoms with van der Waals surface area (Å²) in [6.45, 7) is 4.47. The molecule has 4 nitrogen and oxygen atoms in total. The van der Waals surface area contributed by atoms with Crippen LogP contribution in [0.4, 0.5) is 5.69 Å². The molecule has 1 amide bonds. The molecule has 0 aliphatic carbocycles. The lowest BCUT2D eigenvalue weighted by Gasteiger charge is -2.10. The monoisotopic (exact) mass is 285 g/mol. The molecule has 0 aromatic heterocycles. The van der Waals surface area contributed by atoms with Crippen molar-refractivity contribution in [1.82, 2.24) is 0 Å². The van der Waals surface area contributed by atoms with Gasteiger partial charge in [-0.2, -0.15) is 0 Å². The van der Waals surface area contributed by atoms with Crippen molar-refractivity contribution in [3.05, 3.63) is 53.6 Å². The summed E-state index contributed by atoms with van der Waals surface area (Å²) in [4.78, 5) is 12.3. The highest BCUT2D eigenvalue weighted by Gasteiger charge is 2.12. The highest BCUT2D eigenvalue weighted by atomic mass is 16.5. The van der Waals surface area contributed by atoms with Crippen LogP contribution in [0.5, 0.6) is 11.5 Å². The van der Waals surface area contributed by atoms with Crippen LogP contribution in [-0.4, -0.2) is 17.6 Å². The molecule has 0 aliphatic heterocycles. The number of hydrogen-bond acceptors (Lipinski definition) is 3. The Morgan fingerprint density at radius 3 is 2.71 bits per heavy atom. The Labute approximate surface area is 124 Å². The minimum absolute atomic E-state index is 0.0225. The van der Waals surface area contributed by atoms with Crippen LogP contribution in [0.2, 0.25) is 0 Å². The van der Waals surface area contributed by atoms with Gasteiger partial charge in [-0.15, -0.1) is 0 Å². The van der Waals surface area contributed by atoms with Gasteiger partial charge in [0.05, 0.1) is 12.2 Å². The summed E-state index contributed by atoms with van der Waals surface area (Å²) in [6, 6.07) is 12.2. The van der Waals surface area contributed by atoms with Crippen LogP contribution < -0.4 is 10.1 Å². The van der Waals surface area contributed by atoms with E-state index >= 15 is 0 Å². The van der Waals surface area contributed by atoms with Crippen LogP contribution in [0.25, 0.3) is 0 Å². The minimum Gasteiger partial charge on any atom is -0.507 e. The lowest BCUT2D eigenvalue weighted by molar-refractivity contribution is 0.102. The summed E-state index contributed by atoms with van der Waals surface area (Å²) in [5.41, 5.74) is 1.91. The Hall–Kier alpha value is -2.49. The van der Waals surface area contributed by atoms with Gasteiger partial charge in [0.15, 0.2) is 0 Å². The smallest absolute Gasteiger partial charge is 0.259 e. The highest BCUT2D eigenvalue weighted by molar-refractivity contribution is 6.06. The van der Waals surface area contributed by atoms with Crippen LogP contribution in [0.15, 0.2) is 42.5 Å². The number of anilines is 1. The molecule has 0 aliphatic rings. The first kappa shape index (κ1) is 14.9. The molecule has 110 valence electrons. The predicted molar refractivity (Wildman–Crippen MR) is 83.0 cm³/mol. The molecule has 2 aromatic carbocycles. The number of carbonyl (C=O) groups is 1. The quantitative estimate of drug-likeness (QED) is 0.882. The van der Waals surface area contributed by atoms with E-state index in [0.717, 1.165) is 12.0 Å². The molecular weight excluding hydrogens is 266 g/mol. The SMILES string of the molecule is CCOc1cccc(NC(=O)c2cc(CC)ccc2O)c1. The van der Waals surface area contributed by atoms with Gasteiger partial charge in [0.1, 0.15) is 11.5 Å². The van der Waals surface area contributed by atoms with Gasteiger partial charge in [-0.3, -0.25) is 4.79 Å². The molecule has 2 N–H and O–H groups in total. The van der Waals surface area contributed by atoms with Gasteiger partial charge in [0.2, 0.25) is 0 Å². The molecule has 0 saturated heterocycles. The number of ether oxygens (including phenoxy) is 1. The van der Waals surface area contributed by atoms with E-state index in [2.05, 4.69) is 5.32 Å². The lowest BCUT2D eigenvalue weighted by Crippen LogP contribution is -2.12. The van der Waals surface area contributed by atoms with Crippen molar-refractivity contribution in [2.45, 2.75) is 20.3 Å². The van der Waals surface area contributed by atoms with Crippen molar-refractivity contribution >= 4 is 11.6 Å². The van der Waals surface area contributed by atoms with Crippen LogP contribution in [0.1, 0.15) is 29.8 Å². The Balaban J connectivity index is 2.19. The maximum Gasteiger partial charge on any atom is 0.259 e. The molecule has 2 aromatic rings. The molecule has 0 heterocycles. The number of hydrogen-bond donors (Lipinski definition) is 2. The van der Waals surface area contributed by atoms with Gasteiger partial charge in [-0.25, -0.2) is 0 Å². The zero-order chi connectivity index (χ0) is 15.2. The number of amides is 1. The predicted octanol–water partition coefficient (Wildman–Crippen LogP) is 3.61. The number of rotatable bonds is 5. The average molecular weight is 285 g/mol. The average Bonchev–Trinajstić information content (AvgIpc) is 2.48. The van der Waals surface area contributed by atoms with Gasteiger partial charge in [0, 0.05) is 11.8 Å². The van der Waals surface area contributed by atoms with E-state index in [1.165, 1.54) is 0 Å². The fraction of sp³-hybridized carbons (Fsp3) is 0.235. The summed E-state index contributed by atoms with van der Waals surface area (Å²) >= 11 is 0. The second kappa shape index (κ2) is 6.79. The third-order valence-corrected chi connectivity index (χ3v) is 3.12. The fourth-order valence-electron chi connectivity index (χ4n) is 2.01. The Morgan fingerprint density at radius 2 is 2.00 bits per heavy atom. The first-order valence-electron chi connectivity index (χ1n) is 7.00. The molecule has 0 saturated carbocycles. The second-order valence-corrected chi connectivity index (χ2v) is 4.62. The van der Waals surface area contributed by atoms with Gasteiger partial charge in [-0.1, -0.05) is 19.1 Å². The molecule has 0 radical (unpaired) electrons. The maximum atomic E-state index is 12.3. The molecule has 4 heteroatoms. The largest absolute Gasteiger partial charge is 0.507 e. The molecule has 0 bridgehead atoms. The van der Waals surface area contributed by atoms with Crippen LogP contribution in [-0.2, 0) is 6.42 Å². The Kier molecular flexibility index (Phi) is 4.82. The third-order valence-electron chi connectivity index (χ3n) is 3.12. The standard InChI is InChI=1S/C17H19NO3/c1-3-12-8-9-16(19)15(10-12)17(20)18-13-6-5-7-14(11-13)21-4-2/h5-11,19H,3-4H2,1-2H3,(H,18,20). The molecule has 0 unspecified atom stereocenters. The normalized spacial score (nSPS) is 10.2.